The summed E-state index contributed by atoms with van der Waals surface area (Å²) < 4.78 is 35.3. The average Bonchev–Trinajstić information content (AvgIpc) is 2.80. The fourth-order valence-electron chi connectivity index (χ4n) is 2.23. The van der Waals surface area contributed by atoms with E-state index in [1.807, 2.05) is 6.92 Å². The Bertz CT molecular complexity index is 622. The topological polar surface area (TPSA) is 53.1 Å². The van der Waals surface area contributed by atoms with E-state index in [2.05, 4.69) is 21.0 Å². The molecule has 1 unspecified atom stereocenters. The van der Waals surface area contributed by atoms with Gasteiger partial charge in [-0.3, -0.25) is 4.68 Å². The zero-order valence-electron chi connectivity index (χ0n) is 11.7. The lowest BCUT2D eigenvalue weighted by molar-refractivity contribution is 0.402. The van der Waals surface area contributed by atoms with E-state index in [1.165, 1.54) is 25.4 Å². The summed E-state index contributed by atoms with van der Waals surface area (Å²) in [6.07, 6.45) is 2.31. The minimum absolute atomic E-state index is 0.200. The molecule has 2 aromatic rings. The lowest BCUT2D eigenvalue weighted by atomic mass is 10.0. The quantitative estimate of drug-likeness (QED) is 0.889. The van der Waals surface area contributed by atoms with E-state index in [4.69, 9.17) is 10.5 Å². The molecule has 0 saturated carbocycles. The van der Waals surface area contributed by atoms with Crippen LogP contribution in [-0.2, 0) is 6.54 Å². The van der Waals surface area contributed by atoms with E-state index in [1.54, 1.807) is 4.68 Å². The van der Waals surface area contributed by atoms with Crippen LogP contribution in [0.1, 0.15) is 30.6 Å². The zero-order valence-corrected chi connectivity index (χ0v) is 13.3. The van der Waals surface area contributed by atoms with Crippen molar-refractivity contribution in [3.05, 3.63) is 45.7 Å². The van der Waals surface area contributed by atoms with Gasteiger partial charge in [-0.15, -0.1) is 0 Å². The van der Waals surface area contributed by atoms with Gasteiger partial charge in [-0.2, -0.15) is 5.10 Å². The molecule has 0 amide bonds. The van der Waals surface area contributed by atoms with Crippen LogP contribution >= 0.6 is 15.9 Å². The fourth-order valence-corrected chi connectivity index (χ4v) is 2.63. The molecule has 0 aliphatic carbocycles. The van der Waals surface area contributed by atoms with Crippen LogP contribution in [0, 0.1) is 11.6 Å². The van der Waals surface area contributed by atoms with Gasteiger partial charge < -0.3 is 10.5 Å². The van der Waals surface area contributed by atoms with Gasteiger partial charge in [-0.25, -0.2) is 8.78 Å². The van der Waals surface area contributed by atoms with Crippen molar-refractivity contribution in [3.63, 3.8) is 0 Å². The molecule has 0 aliphatic heterocycles. The summed E-state index contributed by atoms with van der Waals surface area (Å²) >= 11 is 3.05. The Hall–Kier alpha value is -1.47. The molecule has 0 fully saturated rings. The van der Waals surface area contributed by atoms with Crippen LogP contribution in [-0.4, -0.2) is 16.9 Å². The molecule has 0 bridgehead atoms. The van der Waals surface area contributed by atoms with Crippen LogP contribution in [0.2, 0.25) is 0 Å². The molecular weight excluding hydrogens is 344 g/mol. The first-order valence-corrected chi connectivity index (χ1v) is 7.28. The molecule has 1 aromatic carbocycles. The van der Waals surface area contributed by atoms with E-state index in [9.17, 15) is 8.78 Å². The highest BCUT2D eigenvalue weighted by Gasteiger charge is 2.25. The maximum atomic E-state index is 14.1. The second kappa shape index (κ2) is 6.53. The zero-order chi connectivity index (χ0) is 15.6. The number of benzene rings is 1. The summed E-state index contributed by atoms with van der Waals surface area (Å²) in [5, 5.41) is 4.16. The highest BCUT2D eigenvalue weighted by Crippen LogP contribution is 2.32. The Morgan fingerprint density at radius 2 is 2.00 bits per heavy atom. The summed E-state index contributed by atoms with van der Waals surface area (Å²) in [7, 11) is 1.47. The van der Waals surface area contributed by atoms with Gasteiger partial charge in [-0.1, -0.05) is 22.9 Å². The Kier molecular flexibility index (Phi) is 4.95. The van der Waals surface area contributed by atoms with Gasteiger partial charge in [0.05, 0.1) is 19.3 Å². The number of methoxy groups -OCH3 is 1. The summed E-state index contributed by atoms with van der Waals surface area (Å²) in [6.45, 7) is 2.57. The third kappa shape index (κ3) is 3.08. The van der Waals surface area contributed by atoms with Crippen molar-refractivity contribution in [2.24, 2.45) is 5.73 Å². The number of halogens is 3. The van der Waals surface area contributed by atoms with Crippen molar-refractivity contribution in [1.82, 2.24) is 9.78 Å². The Morgan fingerprint density at radius 1 is 1.38 bits per heavy atom. The molecule has 0 radical (unpaired) electrons. The SMILES string of the molecule is CCCn1ncc(OC)c1C(N)c1c(F)cc(Br)cc1F. The van der Waals surface area contributed by atoms with Crippen LogP contribution < -0.4 is 10.5 Å². The Balaban J connectivity index is 2.54. The highest BCUT2D eigenvalue weighted by atomic mass is 79.9. The third-order valence-corrected chi connectivity index (χ3v) is 3.61. The minimum Gasteiger partial charge on any atom is -0.493 e. The maximum absolute atomic E-state index is 14.1. The smallest absolute Gasteiger partial charge is 0.161 e. The van der Waals surface area contributed by atoms with Gasteiger partial charge in [0, 0.05) is 16.6 Å². The number of aryl methyl sites for hydroxylation is 1. The van der Waals surface area contributed by atoms with E-state index in [0.717, 1.165) is 6.42 Å². The van der Waals surface area contributed by atoms with E-state index in [0.29, 0.717) is 22.5 Å². The summed E-state index contributed by atoms with van der Waals surface area (Å²) in [5.41, 5.74) is 6.34. The Labute approximate surface area is 130 Å². The second-order valence-electron chi connectivity index (χ2n) is 4.58. The van der Waals surface area contributed by atoms with Crippen molar-refractivity contribution in [3.8, 4) is 5.75 Å². The third-order valence-electron chi connectivity index (χ3n) is 3.15. The van der Waals surface area contributed by atoms with Crippen LogP contribution in [0.25, 0.3) is 0 Å². The number of aromatic nitrogens is 2. The number of hydrogen-bond donors (Lipinski definition) is 1. The van der Waals surface area contributed by atoms with Gasteiger partial charge >= 0.3 is 0 Å². The molecule has 114 valence electrons. The molecule has 0 saturated heterocycles. The molecule has 0 spiro atoms. The van der Waals surface area contributed by atoms with Crippen molar-refractivity contribution < 1.29 is 13.5 Å². The van der Waals surface area contributed by atoms with E-state index < -0.39 is 17.7 Å². The lowest BCUT2D eigenvalue weighted by Crippen LogP contribution is -2.21. The maximum Gasteiger partial charge on any atom is 0.161 e. The molecule has 21 heavy (non-hydrogen) atoms. The summed E-state index contributed by atoms with van der Waals surface area (Å²) in [4.78, 5) is 0. The monoisotopic (exact) mass is 359 g/mol. The summed E-state index contributed by atoms with van der Waals surface area (Å²) in [5.74, 6) is -1.00. The number of nitrogens with two attached hydrogens (primary N) is 1. The number of nitrogens with zero attached hydrogens (tertiary/aromatic N) is 2. The Morgan fingerprint density at radius 3 is 2.52 bits per heavy atom. The first kappa shape index (κ1) is 15.9. The van der Waals surface area contributed by atoms with Crippen LogP contribution in [0.4, 0.5) is 8.78 Å². The first-order valence-electron chi connectivity index (χ1n) is 6.49. The molecular formula is C14H16BrF2N3O. The molecule has 2 rings (SSSR count). The molecule has 1 atom stereocenters. The van der Waals surface area contributed by atoms with Gasteiger partial charge in [0.25, 0.3) is 0 Å². The van der Waals surface area contributed by atoms with E-state index >= 15 is 0 Å². The van der Waals surface area contributed by atoms with E-state index in [-0.39, 0.29) is 5.56 Å². The molecule has 7 heteroatoms. The number of hydrogen-bond acceptors (Lipinski definition) is 3. The molecule has 1 aromatic heterocycles. The van der Waals surface area contributed by atoms with Crippen molar-refractivity contribution in [2.75, 3.05) is 7.11 Å². The fraction of sp³-hybridized carbons (Fsp3) is 0.357. The number of rotatable bonds is 5. The predicted octanol–water partition coefficient (Wildman–Crippen LogP) is 3.39. The first-order chi connectivity index (χ1) is 9.99. The van der Waals surface area contributed by atoms with Gasteiger partial charge in [0.2, 0.25) is 0 Å². The standard InChI is InChI=1S/C14H16BrF2N3O/c1-3-4-20-14(11(21-2)7-19-20)13(18)12-9(16)5-8(15)6-10(12)17/h5-7,13H,3-4,18H2,1-2H3. The van der Waals surface area contributed by atoms with Crippen LogP contribution in [0.3, 0.4) is 0 Å². The minimum atomic E-state index is -0.998. The second-order valence-corrected chi connectivity index (χ2v) is 5.50. The molecule has 2 N–H and O–H groups in total. The van der Waals surface area contributed by atoms with Crippen LogP contribution in [0.5, 0.6) is 5.75 Å². The van der Waals surface area contributed by atoms with Gasteiger partial charge in [-0.05, 0) is 18.6 Å². The lowest BCUT2D eigenvalue weighted by Gasteiger charge is -2.17. The normalized spacial score (nSPS) is 12.5. The molecule has 4 nitrogen and oxygen atoms in total. The summed E-state index contributed by atoms with van der Waals surface area (Å²) in [6, 6.07) is 1.37. The largest absolute Gasteiger partial charge is 0.493 e. The van der Waals surface area contributed by atoms with Crippen molar-refractivity contribution in [2.45, 2.75) is 25.9 Å². The van der Waals surface area contributed by atoms with Crippen molar-refractivity contribution >= 4 is 15.9 Å². The molecule has 0 aliphatic rings. The van der Waals surface area contributed by atoms with Crippen molar-refractivity contribution in [1.29, 1.82) is 0 Å². The molecule has 1 heterocycles. The van der Waals surface area contributed by atoms with Crippen LogP contribution in [0.15, 0.2) is 22.8 Å². The average molecular weight is 360 g/mol. The predicted molar refractivity (Wildman–Crippen MR) is 79.2 cm³/mol. The van der Waals surface area contributed by atoms with Gasteiger partial charge in [0.15, 0.2) is 5.75 Å². The highest BCUT2D eigenvalue weighted by molar-refractivity contribution is 9.10. The number of ether oxygens (including phenoxy) is 1. The van der Waals surface area contributed by atoms with Gasteiger partial charge in [0.1, 0.15) is 17.3 Å².